The Labute approximate surface area is 151 Å². The van der Waals surface area contributed by atoms with Gasteiger partial charge in [0, 0.05) is 11.3 Å². The van der Waals surface area contributed by atoms with Gasteiger partial charge >= 0.3 is 0 Å². The number of halogens is 1. The number of carbonyl (C=O) groups is 1. The van der Waals surface area contributed by atoms with Gasteiger partial charge in [0.05, 0.1) is 26.0 Å². The van der Waals surface area contributed by atoms with Gasteiger partial charge in [0.1, 0.15) is 17.3 Å². The molecule has 1 amide bonds. The van der Waals surface area contributed by atoms with Crippen LogP contribution in [0.5, 0.6) is 11.5 Å². The molecule has 2 aromatic carbocycles. The predicted molar refractivity (Wildman–Crippen MR) is 98.7 cm³/mol. The lowest BCUT2D eigenvalue weighted by molar-refractivity contribution is -0.119. The van der Waals surface area contributed by atoms with Gasteiger partial charge in [0.25, 0.3) is 0 Å². The summed E-state index contributed by atoms with van der Waals surface area (Å²) in [5, 5.41) is 2.93. The van der Waals surface area contributed by atoms with Crippen LogP contribution < -0.4 is 14.8 Å². The van der Waals surface area contributed by atoms with Crippen molar-refractivity contribution in [3.8, 4) is 11.5 Å². The number of rotatable bonds is 8. The molecule has 0 saturated carbocycles. The van der Waals surface area contributed by atoms with Crippen LogP contribution in [0, 0.1) is 5.82 Å². The number of amides is 1. The van der Waals surface area contributed by atoms with Crippen molar-refractivity contribution in [2.75, 3.05) is 20.0 Å². The monoisotopic (exact) mass is 363 g/mol. The second-order valence-corrected chi connectivity index (χ2v) is 6.47. The molecule has 1 N–H and O–H groups in total. The van der Waals surface area contributed by atoms with Gasteiger partial charge in [-0.2, -0.15) is 0 Å². The number of hydrogen-bond donors (Lipinski definition) is 1. The molecular weight excluding hydrogens is 341 g/mol. The maximum atomic E-state index is 13.6. The Morgan fingerprint density at radius 3 is 2.64 bits per heavy atom. The van der Waals surface area contributed by atoms with Gasteiger partial charge in [-0.05, 0) is 36.8 Å². The van der Waals surface area contributed by atoms with E-state index in [1.807, 2.05) is 19.1 Å². The van der Waals surface area contributed by atoms with Crippen LogP contribution in [0.1, 0.15) is 24.1 Å². The third-order valence-corrected chi connectivity index (χ3v) is 4.71. The summed E-state index contributed by atoms with van der Waals surface area (Å²) in [6.45, 7) is 1.89. The van der Waals surface area contributed by atoms with Crippen molar-refractivity contribution in [3.63, 3.8) is 0 Å². The summed E-state index contributed by atoms with van der Waals surface area (Å²) >= 11 is 1.38. The number of nitrogens with one attached hydrogen (secondary N) is 1. The van der Waals surface area contributed by atoms with E-state index in [2.05, 4.69) is 5.32 Å². The van der Waals surface area contributed by atoms with E-state index in [1.165, 1.54) is 17.8 Å². The van der Waals surface area contributed by atoms with Gasteiger partial charge in [-0.15, -0.1) is 11.8 Å². The van der Waals surface area contributed by atoms with Crippen molar-refractivity contribution in [2.24, 2.45) is 0 Å². The van der Waals surface area contributed by atoms with Gasteiger partial charge in [0.2, 0.25) is 5.91 Å². The molecular formula is C19H22FNO3S. The molecule has 0 aliphatic heterocycles. The molecule has 0 bridgehead atoms. The van der Waals surface area contributed by atoms with Crippen LogP contribution >= 0.6 is 11.8 Å². The van der Waals surface area contributed by atoms with E-state index in [9.17, 15) is 9.18 Å². The number of ether oxygens (including phenoxy) is 2. The van der Waals surface area contributed by atoms with Crippen molar-refractivity contribution in [1.29, 1.82) is 0 Å². The lowest BCUT2D eigenvalue weighted by atomic mass is 10.1. The average molecular weight is 363 g/mol. The lowest BCUT2D eigenvalue weighted by Gasteiger charge is -2.18. The van der Waals surface area contributed by atoms with Gasteiger partial charge in [-0.25, -0.2) is 4.39 Å². The van der Waals surface area contributed by atoms with Crippen LogP contribution in [0.2, 0.25) is 0 Å². The molecule has 2 rings (SSSR count). The van der Waals surface area contributed by atoms with Crippen molar-refractivity contribution in [1.82, 2.24) is 5.32 Å². The fourth-order valence-corrected chi connectivity index (χ4v) is 3.23. The molecule has 0 aliphatic carbocycles. The number of thioether (sulfide) groups is 1. The molecule has 4 nitrogen and oxygen atoms in total. The molecule has 0 radical (unpaired) electrons. The van der Waals surface area contributed by atoms with Crippen molar-refractivity contribution >= 4 is 17.7 Å². The molecule has 0 aliphatic rings. The van der Waals surface area contributed by atoms with Gasteiger partial charge in [0.15, 0.2) is 0 Å². The predicted octanol–water partition coefficient (Wildman–Crippen LogP) is 3.95. The topological polar surface area (TPSA) is 47.6 Å². The summed E-state index contributed by atoms with van der Waals surface area (Å²) in [4.78, 5) is 12.2. The van der Waals surface area contributed by atoms with Crippen molar-refractivity contribution < 1.29 is 18.7 Å². The molecule has 0 heterocycles. The number of carbonyl (C=O) groups excluding carboxylic acids is 1. The van der Waals surface area contributed by atoms with E-state index in [-0.39, 0.29) is 23.5 Å². The van der Waals surface area contributed by atoms with E-state index in [1.54, 1.807) is 38.5 Å². The third kappa shape index (κ3) is 5.39. The summed E-state index contributed by atoms with van der Waals surface area (Å²) < 4.78 is 24.1. The lowest BCUT2D eigenvalue weighted by Crippen LogP contribution is -2.28. The SMILES string of the molecule is COc1ccc(OC)c([C@H](C)NC(=O)CSCc2ccccc2F)c1. The largest absolute Gasteiger partial charge is 0.497 e. The highest BCUT2D eigenvalue weighted by molar-refractivity contribution is 7.99. The molecule has 0 aromatic heterocycles. The van der Waals surface area contributed by atoms with Crippen LogP contribution in [0.4, 0.5) is 4.39 Å². The molecule has 2 aromatic rings. The first-order valence-corrected chi connectivity index (χ1v) is 9.03. The Morgan fingerprint density at radius 1 is 1.20 bits per heavy atom. The van der Waals surface area contributed by atoms with Gasteiger partial charge in [-0.3, -0.25) is 4.79 Å². The first kappa shape index (κ1) is 19.1. The van der Waals surface area contributed by atoms with Crippen LogP contribution in [0.3, 0.4) is 0 Å². The summed E-state index contributed by atoms with van der Waals surface area (Å²) in [5.41, 5.74) is 1.44. The number of benzene rings is 2. The average Bonchev–Trinajstić information content (AvgIpc) is 2.62. The molecule has 6 heteroatoms. The minimum Gasteiger partial charge on any atom is -0.497 e. The minimum atomic E-state index is -0.245. The Bertz CT molecular complexity index is 724. The van der Waals surface area contributed by atoms with Crippen molar-refractivity contribution in [3.05, 3.63) is 59.4 Å². The Balaban J connectivity index is 1.91. The minimum absolute atomic E-state index is 0.112. The first-order valence-electron chi connectivity index (χ1n) is 7.87. The zero-order valence-electron chi connectivity index (χ0n) is 14.5. The van der Waals surface area contributed by atoms with Gasteiger partial charge in [-0.1, -0.05) is 18.2 Å². The molecule has 0 unspecified atom stereocenters. The highest BCUT2D eigenvalue weighted by atomic mass is 32.2. The quantitative estimate of drug-likeness (QED) is 0.771. The first-order chi connectivity index (χ1) is 12.0. The maximum Gasteiger partial charge on any atom is 0.230 e. The highest BCUT2D eigenvalue weighted by Crippen LogP contribution is 2.29. The Hall–Kier alpha value is -2.21. The van der Waals surface area contributed by atoms with E-state index in [4.69, 9.17) is 9.47 Å². The Kier molecular flexibility index (Phi) is 7.13. The second-order valence-electron chi connectivity index (χ2n) is 5.48. The molecule has 25 heavy (non-hydrogen) atoms. The van der Waals surface area contributed by atoms with E-state index in [0.717, 1.165) is 5.56 Å². The van der Waals surface area contributed by atoms with Crippen molar-refractivity contribution in [2.45, 2.75) is 18.7 Å². The third-order valence-electron chi connectivity index (χ3n) is 3.73. The van der Waals surface area contributed by atoms with Crippen LogP contribution in [-0.4, -0.2) is 25.9 Å². The summed E-state index contributed by atoms with van der Waals surface area (Å²) in [6.07, 6.45) is 0. The van der Waals surface area contributed by atoms with E-state index < -0.39 is 0 Å². The summed E-state index contributed by atoms with van der Waals surface area (Å²) in [7, 11) is 3.18. The van der Waals surface area contributed by atoms with Crippen LogP contribution in [0.25, 0.3) is 0 Å². The normalized spacial score (nSPS) is 11.7. The molecule has 1 atom stereocenters. The summed E-state index contributed by atoms with van der Waals surface area (Å²) in [6, 6.07) is 11.8. The van der Waals surface area contributed by atoms with Crippen LogP contribution in [-0.2, 0) is 10.5 Å². The molecule has 0 saturated heterocycles. The van der Waals surface area contributed by atoms with Crippen LogP contribution in [0.15, 0.2) is 42.5 Å². The highest BCUT2D eigenvalue weighted by Gasteiger charge is 2.15. The second kappa shape index (κ2) is 9.32. The molecule has 0 spiro atoms. The zero-order chi connectivity index (χ0) is 18.2. The number of hydrogen-bond acceptors (Lipinski definition) is 4. The van der Waals surface area contributed by atoms with E-state index in [0.29, 0.717) is 22.8 Å². The summed E-state index contributed by atoms with van der Waals surface area (Å²) in [5.74, 6) is 1.74. The number of methoxy groups -OCH3 is 2. The smallest absolute Gasteiger partial charge is 0.230 e. The van der Waals surface area contributed by atoms with Gasteiger partial charge < -0.3 is 14.8 Å². The fraction of sp³-hybridized carbons (Fsp3) is 0.316. The van der Waals surface area contributed by atoms with E-state index >= 15 is 0 Å². The molecule has 0 fully saturated rings. The Morgan fingerprint density at radius 2 is 1.96 bits per heavy atom. The fourth-order valence-electron chi connectivity index (χ4n) is 2.41. The standard InChI is InChI=1S/C19H22FNO3S/c1-13(16-10-15(23-2)8-9-18(16)24-3)21-19(22)12-25-11-14-6-4-5-7-17(14)20/h4-10,13H,11-12H2,1-3H3,(H,21,22)/t13-/m0/s1. The maximum absolute atomic E-state index is 13.6. The zero-order valence-corrected chi connectivity index (χ0v) is 15.4. The molecule has 134 valence electrons.